The number of aliphatic hydroxyl groups is 2. The number of carbonyl (C=O) groups is 2. The van der Waals surface area contributed by atoms with Crippen molar-refractivity contribution >= 4 is 11.9 Å². The lowest BCUT2D eigenvalue weighted by atomic mass is 10.0. The van der Waals surface area contributed by atoms with Crippen LogP contribution in [0.3, 0.4) is 0 Å². The van der Waals surface area contributed by atoms with E-state index < -0.39 is 30.6 Å². The molecule has 6 nitrogen and oxygen atoms in total. The predicted octanol–water partition coefficient (Wildman–Crippen LogP) is -1.25. The zero-order valence-corrected chi connectivity index (χ0v) is 7.19. The van der Waals surface area contributed by atoms with Crippen molar-refractivity contribution in [2.45, 2.75) is 18.9 Å². The Labute approximate surface area is 74.7 Å². The van der Waals surface area contributed by atoms with Gasteiger partial charge in [-0.15, -0.1) is 0 Å². The summed E-state index contributed by atoms with van der Waals surface area (Å²) in [4.78, 5) is 21.1. The molecule has 0 aliphatic heterocycles. The Bertz CT molecular complexity index is 201. The average molecular weight is 192 g/mol. The van der Waals surface area contributed by atoms with Gasteiger partial charge in [-0.25, -0.2) is 4.79 Å². The third kappa shape index (κ3) is 3.39. The molecule has 0 fully saturated rings. The van der Waals surface area contributed by atoms with Gasteiger partial charge in [0.25, 0.3) is 0 Å². The van der Waals surface area contributed by atoms with Gasteiger partial charge in [-0.3, -0.25) is 4.79 Å². The maximum Gasteiger partial charge on any atom is 0.338 e. The van der Waals surface area contributed by atoms with E-state index in [9.17, 15) is 9.59 Å². The molecule has 0 rings (SSSR count). The van der Waals surface area contributed by atoms with Crippen LogP contribution in [0.4, 0.5) is 0 Å². The lowest BCUT2D eigenvalue weighted by Crippen LogP contribution is -2.44. The van der Waals surface area contributed by atoms with Crippen LogP contribution in [0.5, 0.6) is 0 Å². The highest BCUT2D eigenvalue weighted by Gasteiger charge is 2.38. The van der Waals surface area contributed by atoms with E-state index in [0.29, 0.717) is 0 Å². The average Bonchev–Trinajstić information content (AvgIpc) is 2.04. The van der Waals surface area contributed by atoms with E-state index in [4.69, 9.17) is 15.3 Å². The van der Waals surface area contributed by atoms with Crippen LogP contribution in [0, 0.1) is 0 Å². The Morgan fingerprint density at radius 3 is 2.31 bits per heavy atom. The molecule has 0 spiro atoms. The van der Waals surface area contributed by atoms with Gasteiger partial charge in [0.2, 0.25) is 0 Å². The zero-order valence-electron chi connectivity index (χ0n) is 7.19. The van der Waals surface area contributed by atoms with Crippen LogP contribution in [0.25, 0.3) is 0 Å². The van der Waals surface area contributed by atoms with Gasteiger partial charge in [0.15, 0.2) is 5.60 Å². The van der Waals surface area contributed by atoms with Crippen LogP contribution in [-0.2, 0) is 14.3 Å². The van der Waals surface area contributed by atoms with Crippen LogP contribution in [0.2, 0.25) is 0 Å². The van der Waals surface area contributed by atoms with Gasteiger partial charge >= 0.3 is 11.9 Å². The molecule has 6 heteroatoms. The van der Waals surface area contributed by atoms with Gasteiger partial charge in [0, 0.05) is 0 Å². The molecule has 1 atom stereocenters. The molecule has 0 saturated carbocycles. The number of carboxylic acids is 1. The summed E-state index contributed by atoms with van der Waals surface area (Å²) < 4.78 is 4.42. The first-order valence-corrected chi connectivity index (χ1v) is 3.68. The fourth-order valence-electron chi connectivity index (χ4n) is 0.650. The summed E-state index contributed by atoms with van der Waals surface area (Å²) in [5.74, 6) is -2.51. The van der Waals surface area contributed by atoms with E-state index in [1.54, 1.807) is 6.92 Å². The highest BCUT2D eigenvalue weighted by Crippen LogP contribution is 2.10. The Hall–Kier alpha value is -1.14. The molecule has 0 aliphatic carbocycles. The van der Waals surface area contributed by atoms with E-state index in [2.05, 4.69) is 4.74 Å². The lowest BCUT2D eigenvalue weighted by Gasteiger charge is -2.18. The maximum atomic E-state index is 10.8. The van der Waals surface area contributed by atoms with Crippen molar-refractivity contribution in [1.82, 2.24) is 0 Å². The highest BCUT2D eigenvalue weighted by molar-refractivity contribution is 5.84. The molecule has 0 amide bonds. The third-order valence-corrected chi connectivity index (χ3v) is 1.40. The number of aliphatic hydroxyl groups excluding tert-OH is 1. The van der Waals surface area contributed by atoms with Crippen molar-refractivity contribution in [1.29, 1.82) is 0 Å². The van der Waals surface area contributed by atoms with Crippen LogP contribution in [0.1, 0.15) is 13.3 Å². The van der Waals surface area contributed by atoms with E-state index in [1.165, 1.54) is 0 Å². The van der Waals surface area contributed by atoms with Crippen molar-refractivity contribution in [2.75, 3.05) is 13.2 Å². The van der Waals surface area contributed by atoms with Crippen molar-refractivity contribution in [2.24, 2.45) is 0 Å². The third-order valence-electron chi connectivity index (χ3n) is 1.40. The number of hydrogen-bond donors (Lipinski definition) is 3. The number of aliphatic carboxylic acids is 1. The number of hydrogen-bond acceptors (Lipinski definition) is 5. The van der Waals surface area contributed by atoms with E-state index in [1.807, 2.05) is 0 Å². The molecule has 3 N–H and O–H groups in total. The minimum Gasteiger partial charge on any atom is -0.479 e. The highest BCUT2D eigenvalue weighted by atomic mass is 16.5. The quantitative estimate of drug-likeness (QED) is 0.470. The largest absolute Gasteiger partial charge is 0.479 e. The molecule has 1 unspecified atom stereocenters. The summed E-state index contributed by atoms with van der Waals surface area (Å²) in [5, 5.41) is 26.1. The first kappa shape index (κ1) is 11.9. The predicted molar refractivity (Wildman–Crippen MR) is 40.9 cm³/mol. The van der Waals surface area contributed by atoms with Crippen LogP contribution in [-0.4, -0.2) is 46.1 Å². The van der Waals surface area contributed by atoms with Crippen molar-refractivity contribution in [3.63, 3.8) is 0 Å². The smallest absolute Gasteiger partial charge is 0.338 e. The molecule has 76 valence electrons. The zero-order chi connectivity index (χ0) is 10.5. The molecule has 13 heavy (non-hydrogen) atoms. The second-order valence-electron chi connectivity index (χ2n) is 2.48. The molecular weight excluding hydrogens is 180 g/mol. The molecule has 0 aliphatic rings. The van der Waals surface area contributed by atoms with E-state index in [0.717, 1.165) is 0 Å². The van der Waals surface area contributed by atoms with Crippen molar-refractivity contribution < 1.29 is 29.6 Å². The number of carbonyl (C=O) groups excluding carboxylic acids is 1. The minimum atomic E-state index is -2.44. The van der Waals surface area contributed by atoms with Gasteiger partial charge in [0.1, 0.15) is 0 Å². The number of carboxylic acid groups (broad SMARTS) is 1. The minimum absolute atomic E-state index is 0.0972. The lowest BCUT2D eigenvalue weighted by molar-refractivity contribution is -0.171. The standard InChI is InChI=1S/C7H12O6/c1-2-13-5(9)3-7(12,4-8)6(10)11/h8,12H,2-4H2,1H3,(H,10,11). The fourth-order valence-corrected chi connectivity index (χ4v) is 0.650. The molecule has 0 saturated heterocycles. The van der Waals surface area contributed by atoms with Crippen LogP contribution in [0.15, 0.2) is 0 Å². The summed E-state index contributed by atoms with van der Waals surface area (Å²) in [5.41, 5.74) is -2.44. The van der Waals surface area contributed by atoms with Crippen LogP contribution >= 0.6 is 0 Å². The number of ether oxygens (including phenoxy) is 1. The topological polar surface area (TPSA) is 104 Å². The van der Waals surface area contributed by atoms with Crippen molar-refractivity contribution in [3.05, 3.63) is 0 Å². The van der Waals surface area contributed by atoms with Crippen molar-refractivity contribution in [3.8, 4) is 0 Å². The first-order valence-electron chi connectivity index (χ1n) is 3.68. The maximum absolute atomic E-state index is 10.8. The first-order chi connectivity index (χ1) is 5.96. The Balaban J connectivity index is 4.27. The summed E-state index contributed by atoms with van der Waals surface area (Å²) in [6.45, 7) is 0.623. The van der Waals surface area contributed by atoms with E-state index >= 15 is 0 Å². The number of esters is 1. The molecule has 0 aromatic heterocycles. The normalized spacial score (nSPS) is 14.7. The molecule has 0 bridgehead atoms. The summed E-state index contributed by atoms with van der Waals surface area (Å²) in [6, 6.07) is 0. The SMILES string of the molecule is CCOC(=O)CC(O)(CO)C(=O)O. The van der Waals surface area contributed by atoms with E-state index in [-0.39, 0.29) is 6.61 Å². The molecule has 0 aromatic rings. The molecule has 0 radical (unpaired) electrons. The Kier molecular flexibility index (Phi) is 4.36. The van der Waals surface area contributed by atoms with Gasteiger partial charge in [-0.05, 0) is 6.92 Å². The Morgan fingerprint density at radius 2 is 2.00 bits per heavy atom. The second-order valence-corrected chi connectivity index (χ2v) is 2.48. The second kappa shape index (κ2) is 4.78. The number of rotatable bonds is 5. The molecular formula is C7H12O6. The molecule has 0 aromatic carbocycles. The summed E-state index contributed by atoms with van der Waals surface area (Å²) in [6.07, 6.45) is -0.757. The van der Waals surface area contributed by atoms with Gasteiger partial charge < -0.3 is 20.1 Å². The van der Waals surface area contributed by atoms with Gasteiger partial charge in [-0.2, -0.15) is 0 Å². The van der Waals surface area contributed by atoms with Gasteiger partial charge in [0.05, 0.1) is 19.6 Å². The van der Waals surface area contributed by atoms with Crippen LogP contribution < -0.4 is 0 Å². The summed E-state index contributed by atoms with van der Waals surface area (Å²) >= 11 is 0. The molecule has 0 heterocycles. The monoisotopic (exact) mass is 192 g/mol. The summed E-state index contributed by atoms with van der Waals surface area (Å²) in [7, 11) is 0. The van der Waals surface area contributed by atoms with Gasteiger partial charge in [-0.1, -0.05) is 0 Å². The Morgan fingerprint density at radius 1 is 1.46 bits per heavy atom. The fraction of sp³-hybridized carbons (Fsp3) is 0.714.